The van der Waals surface area contributed by atoms with Crippen LogP contribution >= 0.6 is 0 Å². The van der Waals surface area contributed by atoms with Crippen LogP contribution in [0, 0.1) is 0 Å². The summed E-state index contributed by atoms with van der Waals surface area (Å²) in [6, 6.07) is 6.92. The predicted molar refractivity (Wildman–Crippen MR) is 41.6 cm³/mol. The number of rotatable bonds is 1. The summed E-state index contributed by atoms with van der Waals surface area (Å²) >= 11 is 0. The fourth-order valence-corrected chi connectivity index (χ4v) is 0.759. The Morgan fingerprint density at radius 3 is 2.15 bits per heavy atom. The van der Waals surface area contributed by atoms with Gasteiger partial charge in [0.05, 0.1) is 5.95 Å². The molecule has 0 spiro atoms. The molecule has 0 amide bonds. The molecular formula is C9H9BrO2Zn. The number of benzene rings is 1. The van der Waals surface area contributed by atoms with Crippen LogP contribution in [0.25, 0.3) is 12.5 Å². The van der Waals surface area contributed by atoms with Crippen molar-refractivity contribution in [1.82, 2.24) is 0 Å². The van der Waals surface area contributed by atoms with E-state index in [2.05, 4.69) is 11.3 Å². The molecule has 0 saturated heterocycles. The molecule has 0 aliphatic carbocycles. The topological polar surface area (TPSA) is 32.3 Å². The number of methoxy groups -OCH3 is 1. The first kappa shape index (κ1) is 15.1. The van der Waals surface area contributed by atoms with Crippen molar-refractivity contribution in [3.8, 4) is 0 Å². The van der Waals surface area contributed by atoms with Crippen molar-refractivity contribution in [2.45, 2.75) is 0 Å². The van der Waals surface area contributed by atoms with E-state index < -0.39 is 0 Å². The Balaban J connectivity index is 0. The van der Waals surface area contributed by atoms with Crippen LogP contribution in [0.4, 0.5) is 0 Å². The zero-order valence-corrected chi connectivity index (χ0v) is 12.0. The molecule has 0 aromatic heterocycles. The standard InChI is InChI=1S/C9H10O2.BrH.Zn/c1-7-3-5-8(6-4-7)9(10)11-2;;/h3-6,10H,1H2,2H3;1H;/q;;+2/p-2. The van der Waals surface area contributed by atoms with Crippen LogP contribution in [0.2, 0.25) is 0 Å². The second-order valence-corrected chi connectivity index (χ2v) is 2.19. The van der Waals surface area contributed by atoms with E-state index in [1.807, 2.05) is 0 Å². The molecule has 0 N–H and O–H groups in total. The molecule has 1 rings (SSSR count). The van der Waals surface area contributed by atoms with Gasteiger partial charge < -0.3 is 26.8 Å². The Hall–Kier alpha value is -0.337. The third-order valence-electron chi connectivity index (χ3n) is 1.38. The summed E-state index contributed by atoms with van der Waals surface area (Å²) in [5.74, 6) is -0.315. The van der Waals surface area contributed by atoms with E-state index in [-0.39, 0.29) is 42.4 Å². The third-order valence-corrected chi connectivity index (χ3v) is 1.38. The first-order chi connectivity index (χ1) is 5.24. The molecule has 0 heterocycles. The Kier molecular flexibility index (Phi) is 8.28. The Morgan fingerprint density at radius 1 is 1.31 bits per heavy atom. The fraction of sp³-hybridized carbons (Fsp3) is 0.111. The maximum absolute atomic E-state index is 10.9. The van der Waals surface area contributed by atoms with Gasteiger partial charge in [-0.3, -0.25) is 0 Å². The van der Waals surface area contributed by atoms with Crippen molar-refractivity contribution in [2.24, 2.45) is 0 Å². The van der Waals surface area contributed by atoms with E-state index >= 15 is 0 Å². The summed E-state index contributed by atoms with van der Waals surface area (Å²) in [6.45, 7) is 3.69. The number of hydrogen-bond acceptors (Lipinski definition) is 2. The Labute approximate surface area is 100 Å². The van der Waals surface area contributed by atoms with Crippen LogP contribution in [0.1, 0.15) is 0 Å². The van der Waals surface area contributed by atoms with E-state index in [1.54, 1.807) is 24.3 Å². The molecule has 0 aliphatic rings. The summed E-state index contributed by atoms with van der Waals surface area (Å²) in [5, 5.41) is 12.3. The minimum Gasteiger partial charge on any atom is -1.00 e. The molecule has 4 heteroatoms. The van der Waals surface area contributed by atoms with Crippen LogP contribution in [0.3, 0.4) is 0 Å². The van der Waals surface area contributed by atoms with Gasteiger partial charge in [0.1, 0.15) is 0 Å². The quantitative estimate of drug-likeness (QED) is 0.497. The zero-order valence-electron chi connectivity index (χ0n) is 7.42. The third kappa shape index (κ3) is 4.44. The summed E-state index contributed by atoms with van der Waals surface area (Å²) in [5.41, 5.74) is 0. The van der Waals surface area contributed by atoms with Crippen LogP contribution < -0.4 is 32.5 Å². The first-order valence-electron chi connectivity index (χ1n) is 3.24. The van der Waals surface area contributed by atoms with Gasteiger partial charge in [-0.1, -0.05) is 30.8 Å². The molecule has 1 aromatic carbocycles. The van der Waals surface area contributed by atoms with Crippen LogP contribution in [0.5, 0.6) is 0 Å². The van der Waals surface area contributed by atoms with Gasteiger partial charge in [0, 0.05) is 0 Å². The van der Waals surface area contributed by atoms with Gasteiger partial charge in [-0.25, -0.2) is 0 Å². The van der Waals surface area contributed by atoms with E-state index in [0.717, 1.165) is 5.22 Å². The maximum atomic E-state index is 10.9. The SMILES string of the molecule is C=c1ccc(=C([O-])OC)cc1.[Br-].[Zn+2]. The minimum absolute atomic E-state index is 0. The fourth-order valence-electron chi connectivity index (χ4n) is 0.759. The Morgan fingerprint density at radius 2 is 1.77 bits per heavy atom. The van der Waals surface area contributed by atoms with Gasteiger partial charge in [-0.2, -0.15) is 0 Å². The van der Waals surface area contributed by atoms with Crippen molar-refractivity contribution >= 4 is 12.5 Å². The molecule has 0 bridgehead atoms. The van der Waals surface area contributed by atoms with Gasteiger partial charge in [-0.05, 0) is 17.5 Å². The van der Waals surface area contributed by atoms with Gasteiger partial charge >= 0.3 is 19.5 Å². The molecule has 0 fully saturated rings. The van der Waals surface area contributed by atoms with Crippen LogP contribution in [-0.2, 0) is 24.2 Å². The number of halogens is 1. The van der Waals surface area contributed by atoms with Crippen molar-refractivity contribution in [2.75, 3.05) is 7.11 Å². The summed E-state index contributed by atoms with van der Waals surface area (Å²) in [4.78, 5) is 0. The van der Waals surface area contributed by atoms with E-state index in [0.29, 0.717) is 5.22 Å². The summed E-state index contributed by atoms with van der Waals surface area (Å²) < 4.78 is 4.52. The van der Waals surface area contributed by atoms with Crippen LogP contribution in [-0.4, -0.2) is 7.11 Å². The molecule has 13 heavy (non-hydrogen) atoms. The summed E-state index contributed by atoms with van der Waals surface area (Å²) in [7, 11) is 1.36. The van der Waals surface area contributed by atoms with Crippen LogP contribution in [0.15, 0.2) is 24.3 Å². The van der Waals surface area contributed by atoms with Crippen molar-refractivity contribution in [3.63, 3.8) is 0 Å². The smallest absolute Gasteiger partial charge is 1.00 e. The van der Waals surface area contributed by atoms with Gasteiger partial charge in [0.2, 0.25) is 0 Å². The largest absolute Gasteiger partial charge is 2.00 e. The second kappa shape index (κ2) is 7.10. The normalized spacial score (nSPS) is 7.77. The molecule has 66 valence electrons. The monoisotopic (exact) mass is 292 g/mol. The van der Waals surface area contributed by atoms with E-state index in [4.69, 9.17) is 0 Å². The molecule has 2 nitrogen and oxygen atoms in total. The Bertz CT molecular complexity index is 328. The van der Waals surface area contributed by atoms with Gasteiger partial charge in [0.15, 0.2) is 0 Å². The van der Waals surface area contributed by atoms with Crippen molar-refractivity contribution in [3.05, 3.63) is 34.7 Å². The molecule has 0 aliphatic heterocycles. The predicted octanol–water partition coefficient (Wildman–Crippen LogP) is -3.83. The average Bonchev–Trinajstić information content (AvgIpc) is 2.05. The maximum Gasteiger partial charge on any atom is 2.00 e. The summed E-state index contributed by atoms with van der Waals surface area (Å²) in [6.07, 6.45) is 0. The van der Waals surface area contributed by atoms with Gasteiger partial charge in [-0.15, -0.1) is 0 Å². The first-order valence-corrected chi connectivity index (χ1v) is 3.24. The zero-order chi connectivity index (χ0) is 8.27. The number of hydrogen-bond donors (Lipinski definition) is 0. The van der Waals surface area contributed by atoms with E-state index in [9.17, 15) is 5.11 Å². The molecular weight excluding hydrogens is 285 g/mol. The van der Waals surface area contributed by atoms with Gasteiger partial charge in [0.25, 0.3) is 0 Å². The van der Waals surface area contributed by atoms with Crippen molar-refractivity contribution in [1.29, 1.82) is 0 Å². The van der Waals surface area contributed by atoms with Crippen molar-refractivity contribution < 1.29 is 46.3 Å². The minimum atomic E-state index is -0.315. The molecule has 1 aromatic rings. The molecule has 0 unspecified atom stereocenters. The average molecular weight is 294 g/mol. The number of ether oxygens (including phenoxy) is 1. The molecule has 0 atom stereocenters. The van der Waals surface area contributed by atoms with E-state index in [1.165, 1.54) is 7.11 Å². The molecule has 0 saturated carbocycles. The molecule has 0 radical (unpaired) electrons. The second-order valence-electron chi connectivity index (χ2n) is 2.19.